The summed E-state index contributed by atoms with van der Waals surface area (Å²) < 4.78 is 5.98. The first kappa shape index (κ1) is 14.2. The Labute approximate surface area is 133 Å². The average molecular weight is 318 g/mol. The van der Waals surface area contributed by atoms with E-state index in [9.17, 15) is 0 Å². The fourth-order valence-electron chi connectivity index (χ4n) is 2.31. The Morgan fingerprint density at radius 3 is 2.38 bits per heavy atom. The van der Waals surface area contributed by atoms with E-state index in [1.54, 1.807) is 12.1 Å². The molecule has 0 radical (unpaired) electrons. The smallest absolute Gasteiger partial charge is 0.152 e. The van der Waals surface area contributed by atoms with E-state index in [1.807, 2.05) is 44.2 Å². The van der Waals surface area contributed by atoms with Crippen molar-refractivity contribution in [3.8, 4) is 11.5 Å². The van der Waals surface area contributed by atoms with Crippen molar-refractivity contribution in [2.75, 3.05) is 0 Å². The Hall–Kier alpha value is -1.77. The van der Waals surface area contributed by atoms with Gasteiger partial charge < -0.3 is 4.74 Å². The summed E-state index contributed by atoms with van der Waals surface area (Å²) in [5.41, 5.74) is 2.63. The maximum Gasteiger partial charge on any atom is 0.152 e. The van der Waals surface area contributed by atoms with Gasteiger partial charge in [-0.3, -0.25) is 0 Å². The SMILES string of the molecule is Cc1nc2c(Cl)cccc2c(C)c1Oc1ccc(Cl)cc1. The van der Waals surface area contributed by atoms with Crippen molar-refractivity contribution in [1.82, 2.24) is 4.98 Å². The van der Waals surface area contributed by atoms with Gasteiger partial charge in [-0.15, -0.1) is 0 Å². The van der Waals surface area contributed by atoms with Gasteiger partial charge in [0.15, 0.2) is 5.75 Å². The van der Waals surface area contributed by atoms with Crippen molar-refractivity contribution in [3.63, 3.8) is 0 Å². The molecule has 1 aromatic heterocycles. The molecule has 0 bridgehead atoms. The highest BCUT2D eigenvalue weighted by Gasteiger charge is 2.13. The molecule has 3 rings (SSSR count). The lowest BCUT2D eigenvalue weighted by Crippen LogP contribution is -1.96. The number of para-hydroxylation sites is 1. The number of fused-ring (bicyclic) bond motifs is 1. The van der Waals surface area contributed by atoms with Crippen LogP contribution in [0.1, 0.15) is 11.3 Å². The zero-order valence-corrected chi connectivity index (χ0v) is 13.2. The van der Waals surface area contributed by atoms with Gasteiger partial charge in [0.2, 0.25) is 0 Å². The molecule has 0 aliphatic rings. The van der Waals surface area contributed by atoms with Crippen molar-refractivity contribution >= 4 is 34.1 Å². The third-order valence-corrected chi connectivity index (χ3v) is 3.93. The first-order valence-corrected chi connectivity index (χ1v) is 7.30. The Kier molecular flexibility index (Phi) is 3.75. The Morgan fingerprint density at radius 2 is 1.67 bits per heavy atom. The summed E-state index contributed by atoms with van der Waals surface area (Å²) in [4.78, 5) is 4.57. The van der Waals surface area contributed by atoms with Gasteiger partial charge in [0.1, 0.15) is 5.75 Å². The molecular weight excluding hydrogens is 305 g/mol. The number of aromatic nitrogens is 1. The molecule has 0 saturated heterocycles. The number of hydrogen-bond acceptors (Lipinski definition) is 2. The maximum absolute atomic E-state index is 6.21. The number of nitrogens with zero attached hydrogens (tertiary/aromatic N) is 1. The van der Waals surface area contributed by atoms with Gasteiger partial charge in [0, 0.05) is 16.0 Å². The van der Waals surface area contributed by atoms with Crippen molar-refractivity contribution < 1.29 is 4.74 Å². The summed E-state index contributed by atoms with van der Waals surface area (Å²) >= 11 is 12.1. The van der Waals surface area contributed by atoms with E-state index < -0.39 is 0 Å². The van der Waals surface area contributed by atoms with Crippen molar-refractivity contribution in [2.24, 2.45) is 0 Å². The third kappa shape index (κ3) is 2.69. The van der Waals surface area contributed by atoms with E-state index >= 15 is 0 Å². The van der Waals surface area contributed by atoms with Crippen molar-refractivity contribution in [1.29, 1.82) is 0 Å². The van der Waals surface area contributed by atoms with Crippen LogP contribution in [-0.2, 0) is 0 Å². The van der Waals surface area contributed by atoms with Crippen LogP contribution in [0, 0.1) is 13.8 Å². The predicted molar refractivity (Wildman–Crippen MR) is 87.8 cm³/mol. The lowest BCUT2D eigenvalue weighted by Gasteiger charge is -2.14. The van der Waals surface area contributed by atoms with Crippen LogP contribution in [0.2, 0.25) is 10.0 Å². The van der Waals surface area contributed by atoms with Gasteiger partial charge in [-0.1, -0.05) is 35.3 Å². The van der Waals surface area contributed by atoms with Gasteiger partial charge in [0.05, 0.1) is 16.2 Å². The summed E-state index contributed by atoms with van der Waals surface area (Å²) in [7, 11) is 0. The Bertz CT molecular complexity index is 813. The largest absolute Gasteiger partial charge is 0.455 e. The highest BCUT2D eigenvalue weighted by molar-refractivity contribution is 6.35. The molecule has 2 aromatic carbocycles. The molecule has 0 spiro atoms. The van der Waals surface area contributed by atoms with Gasteiger partial charge in [-0.2, -0.15) is 0 Å². The number of hydrogen-bond donors (Lipinski definition) is 0. The van der Waals surface area contributed by atoms with Gasteiger partial charge >= 0.3 is 0 Å². The zero-order chi connectivity index (χ0) is 15.0. The van der Waals surface area contributed by atoms with Crippen LogP contribution in [-0.4, -0.2) is 4.98 Å². The molecule has 0 unspecified atom stereocenters. The van der Waals surface area contributed by atoms with Crippen molar-refractivity contribution in [3.05, 3.63) is 63.8 Å². The molecule has 0 aliphatic heterocycles. The molecular formula is C17H13Cl2NO. The second-order valence-corrected chi connectivity index (χ2v) is 5.69. The first-order chi connectivity index (χ1) is 10.1. The van der Waals surface area contributed by atoms with Crippen LogP contribution in [0.4, 0.5) is 0 Å². The molecule has 0 N–H and O–H groups in total. The lowest BCUT2D eigenvalue weighted by atomic mass is 10.1. The molecule has 0 saturated carbocycles. The molecule has 21 heavy (non-hydrogen) atoms. The van der Waals surface area contributed by atoms with Crippen LogP contribution < -0.4 is 4.74 Å². The lowest BCUT2D eigenvalue weighted by molar-refractivity contribution is 0.473. The van der Waals surface area contributed by atoms with Crippen LogP contribution in [0.3, 0.4) is 0 Å². The summed E-state index contributed by atoms with van der Waals surface area (Å²) in [5.74, 6) is 1.49. The first-order valence-electron chi connectivity index (χ1n) is 6.55. The number of benzene rings is 2. The van der Waals surface area contributed by atoms with Crippen molar-refractivity contribution in [2.45, 2.75) is 13.8 Å². The van der Waals surface area contributed by atoms with Crippen LogP contribution in [0.5, 0.6) is 11.5 Å². The van der Waals surface area contributed by atoms with Crippen LogP contribution >= 0.6 is 23.2 Å². The number of rotatable bonds is 2. The monoisotopic (exact) mass is 317 g/mol. The Balaban J connectivity index is 2.12. The summed E-state index contributed by atoms with van der Waals surface area (Å²) in [6, 6.07) is 13.0. The highest BCUT2D eigenvalue weighted by Crippen LogP contribution is 2.34. The summed E-state index contributed by atoms with van der Waals surface area (Å²) in [5, 5.41) is 2.33. The second kappa shape index (κ2) is 5.55. The van der Waals surface area contributed by atoms with E-state index in [1.165, 1.54) is 0 Å². The van der Waals surface area contributed by atoms with E-state index in [-0.39, 0.29) is 0 Å². The molecule has 0 amide bonds. The molecule has 2 nitrogen and oxygen atoms in total. The fourth-order valence-corrected chi connectivity index (χ4v) is 2.66. The third-order valence-electron chi connectivity index (χ3n) is 3.37. The Morgan fingerprint density at radius 1 is 0.952 bits per heavy atom. The normalized spacial score (nSPS) is 10.9. The quantitative estimate of drug-likeness (QED) is 0.582. The molecule has 106 valence electrons. The molecule has 0 atom stereocenters. The molecule has 4 heteroatoms. The van der Waals surface area contributed by atoms with E-state index in [4.69, 9.17) is 27.9 Å². The number of ether oxygens (including phenoxy) is 1. The highest BCUT2D eigenvalue weighted by atomic mass is 35.5. The zero-order valence-electron chi connectivity index (χ0n) is 11.7. The molecule has 1 heterocycles. The molecule has 3 aromatic rings. The standard InChI is InChI=1S/C17H13Cl2NO/c1-10-14-4-3-5-15(19)16(14)20-11(2)17(10)21-13-8-6-12(18)7-9-13/h3-9H,1-2H3. The molecule has 0 fully saturated rings. The molecule has 0 aliphatic carbocycles. The predicted octanol–water partition coefficient (Wildman–Crippen LogP) is 5.95. The van der Waals surface area contributed by atoms with Gasteiger partial charge in [0.25, 0.3) is 0 Å². The summed E-state index contributed by atoms with van der Waals surface area (Å²) in [6.07, 6.45) is 0. The van der Waals surface area contributed by atoms with Gasteiger partial charge in [-0.25, -0.2) is 4.98 Å². The number of halogens is 2. The minimum Gasteiger partial charge on any atom is -0.455 e. The minimum atomic E-state index is 0.650. The van der Waals surface area contributed by atoms with E-state index in [0.29, 0.717) is 10.0 Å². The maximum atomic E-state index is 6.21. The van der Waals surface area contributed by atoms with Gasteiger partial charge in [-0.05, 0) is 44.2 Å². The van der Waals surface area contributed by atoms with Crippen LogP contribution in [0.25, 0.3) is 10.9 Å². The van der Waals surface area contributed by atoms with Crippen LogP contribution in [0.15, 0.2) is 42.5 Å². The summed E-state index contributed by atoms with van der Waals surface area (Å²) in [6.45, 7) is 3.93. The topological polar surface area (TPSA) is 22.1 Å². The fraction of sp³-hybridized carbons (Fsp3) is 0.118. The number of pyridine rings is 1. The van der Waals surface area contributed by atoms with E-state index in [2.05, 4.69) is 4.98 Å². The average Bonchev–Trinajstić information content (AvgIpc) is 2.47. The number of aryl methyl sites for hydroxylation is 2. The minimum absolute atomic E-state index is 0.650. The van der Waals surface area contributed by atoms with E-state index in [0.717, 1.165) is 33.7 Å². The second-order valence-electron chi connectivity index (χ2n) is 4.84.